The SMILES string of the molecule is Cn1cc([C@H]2COC3(CCN(C(=O)Cc4ccccc4)CC3)C2)cn1. The van der Waals surface area contributed by atoms with Crippen LogP contribution in [0.4, 0.5) is 0 Å². The van der Waals surface area contributed by atoms with Gasteiger partial charge >= 0.3 is 0 Å². The average molecular weight is 339 g/mol. The van der Waals surface area contributed by atoms with Gasteiger partial charge in [-0.2, -0.15) is 5.10 Å². The van der Waals surface area contributed by atoms with E-state index in [1.54, 1.807) is 0 Å². The number of amides is 1. The first kappa shape index (κ1) is 16.3. The number of hydrogen-bond donors (Lipinski definition) is 0. The Bertz CT molecular complexity index is 732. The van der Waals surface area contributed by atoms with Crippen LogP contribution in [-0.2, 0) is 23.0 Å². The molecule has 0 aliphatic carbocycles. The molecule has 2 saturated heterocycles. The second-order valence-corrected chi connectivity index (χ2v) is 7.39. The molecule has 4 rings (SSSR count). The summed E-state index contributed by atoms with van der Waals surface area (Å²) < 4.78 is 8.08. The quantitative estimate of drug-likeness (QED) is 0.863. The van der Waals surface area contributed by atoms with Crippen molar-refractivity contribution in [2.45, 2.75) is 37.2 Å². The molecule has 0 N–H and O–H groups in total. The van der Waals surface area contributed by atoms with Crippen LogP contribution in [0.1, 0.15) is 36.3 Å². The fourth-order valence-electron chi connectivity index (χ4n) is 4.10. The van der Waals surface area contributed by atoms with Gasteiger partial charge in [0.25, 0.3) is 0 Å². The zero-order valence-electron chi connectivity index (χ0n) is 14.7. The molecule has 5 nitrogen and oxygen atoms in total. The number of ether oxygens (including phenoxy) is 1. The van der Waals surface area contributed by atoms with Crippen LogP contribution in [0.5, 0.6) is 0 Å². The number of carbonyl (C=O) groups excluding carboxylic acids is 1. The van der Waals surface area contributed by atoms with Crippen molar-refractivity contribution in [3.05, 3.63) is 53.9 Å². The maximum atomic E-state index is 12.5. The van der Waals surface area contributed by atoms with E-state index in [0.29, 0.717) is 12.3 Å². The second kappa shape index (κ2) is 6.64. The average Bonchev–Trinajstić information content (AvgIpc) is 3.23. The number of carbonyl (C=O) groups is 1. The van der Waals surface area contributed by atoms with E-state index in [1.165, 1.54) is 5.56 Å². The molecule has 2 aromatic rings. The van der Waals surface area contributed by atoms with Crippen molar-refractivity contribution in [3.8, 4) is 0 Å². The molecule has 25 heavy (non-hydrogen) atoms. The minimum Gasteiger partial charge on any atom is -0.374 e. The molecule has 2 aliphatic heterocycles. The van der Waals surface area contributed by atoms with Crippen molar-refractivity contribution < 1.29 is 9.53 Å². The highest BCUT2D eigenvalue weighted by molar-refractivity contribution is 5.78. The molecule has 1 amide bonds. The highest BCUT2D eigenvalue weighted by Gasteiger charge is 2.43. The molecule has 2 aliphatic rings. The fourth-order valence-corrected chi connectivity index (χ4v) is 4.10. The molecule has 0 radical (unpaired) electrons. The Labute approximate surface area is 148 Å². The van der Waals surface area contributed by atoms with Gasteiger partial charge < -0.3 is 9.64 Å². The van der Waals surface area contributed by atoms with Gasteiger partial charge in [-0.05, 0) is 30.4 Å². The lowest BCUT2D eigenvalue weighted by atomic mass is 9.84. The molecule has 1 aromatic carbocycles. The first-order valence-corrected chi connectivity index (χ1v) is 9.08. The topological polar surface area (TPSA) is 47.4 Å². The molecule has 0 bridgehead atoms. The highest BCUT2D eigenvalue weighted by atomic mass is 16.5. The van der Waals surface area contributed by atoms with Gasteiger partial charge in [0.2, 0.25) is 5.91 Å². The predicted octanol–water partition coefficient (Wildman–Crippen LogP) is 2.53. The van der Waals surface area contributed by atoms with Gasteiger partial charge in [0.15, 0.2) is 0 Å². The summed E-state index contributed by atoms with van der Waals surface area (Å²) in [4.78, 5) is 14.5. The number of aromatic nitrogens is 2. The number of rotatable bonds is 3. The van der Waals surface area contributed by atoms with Crippen LogP contribution in [0.3, 0.4) is 0 Å². The highest BCUT2D eigenvalue weighted by Crippen LogP contribution is 2.42. The Morgan fingerprint density at radius 2 is 2.04 bits per heavy atom. The van der Waals surface area contributed by atoms with E-state index in [-0.39, 0.29) is 11.5 Å². The van der Waals surface area contributed by atoms with E-state index in [1.807, 2.05) is 53.2 Å². The van der Waals surface area contributed by atoms with Gasteiger partial charge in [-0.15, -0.1) is 0 Å². The van der Waals surface area contributed by atoms with E-state index in [4.69, 9.17) is 4.74 Å². The van der Waals surface area contributed by atoms with E-state index in [9.17, 15) is 4.79 Å². The van der Waals surface area contributed by atoms with Gasteiger partial charge in [0, 0.05) is 32.3 Å². The number of nitrogens with zero attached hydrogens (tertiary/aromatic N) is 3. The smallest absolute Gasteiger partial charge is 0.226 e. The van der Waals surface area contributed by atoms with Gasteiger partial charge in [0.05, 0.1) is 24.8 Å². The van der Waals surface area contributed by atoms with Crippen molar-refractivity contribution in [3.63, 3.8) is 0 Å². The van der Waals surface area contributed by atoms with Crippen molar-refractivity contribution in [2.75, 3.05) is 19.7 Å². The lowest BCUT2D eigenvalue weighted by molar-refractivity contribution is -0.135. The number of likely N-dealkylation sites (tertiary alicyclic amines) is 1. The maximum absolute atomic E-state index is 12.5. The Morgan fingerprint density at radius 3 is 2.72 bits per heavy atom. The molecule has 132 valence electrons. The number of hydrogen-bond acceptors (Lipinski definition) is 3. The lowest BCUT2D eigenvalue weighted by Gasteiger charge is -2.38. The summed E-state index contributed by atoms with van der Waals surface area (Å²) in [5.41, 5.74) is 2.30. The van der Waals surface area contributed by atoms with Crippen LogP contribution < -0.4 is 0 Å². The summed E-state index contributed by atoms with van der Waals surface area (Å²) in [7, 11) is 1.95. The van der Waals surface area contributed by atoms with E-state index in [0.717, 1.165) is 44.5 Å². The summed E-state index contributed by atoms with van der Waals surface area (Å²) >= 11 is 0. The summed E-state index contributed by atoms with van der Waals surface area (Å²) in [6.45, 7) is 2.36. The molecule has 1 aromatic heterocycles. The molecule has 3 heterocycles. The van der Waals surface area contributed by atoms with Crippen LogP contribution in [0.2, 0.25) is 0 Å². The third kappa shape index (κ3) is 3.47. The third-order valence-electron chi connectivity index (χ3n) is 5.63. The first-order valence-electron chi connectivity index (χ1n) is 9.08. The summed E-state index contributed by atoms with van der Waals surface area (Å²) in [5.74, 6) is 0.656. The van der Waals surface area contributed by atoms with E-state index in [2.05, 4.69) is 11.3 Å². The fraction of sp³-hybridized carbons (Fsp3) is 0.500. The molecule has 0 saturated carbocycles. The molecule has 1 spiro atoms. The Morgan fingerprint density at radius 1 is 1.28 bits per heavy atom. The van der Waals surface area contributed by atoms with Crippen molar-refractivity contribution >= 4 is 5.91 Å². The minimum atomic E-state index is -0.0516. The van der Waals surface area contributed by atoms with Crippen LogP contribution in [0.15, 0.2) is 42.7 Å². The van der Waals surface area contributed by atoms with Crippen LogP contribution >= 0.6 is 0 Å². The third-order valence-corrected chi connectivity index (χ3v) is 5.63. The molecule has 0 unspecified atom stereocenters. The van der Waals surface area contributed by atoms with Crippen LogP contribution in [0.25, 0.3) is 0 Å². The van der Waals surface area contributed by atoms with E-state index < -0.39 is 0 Å². The summed E-state index contributed by atoms with van der Waals surface area (Å²) in [6, 6.07) is 9.98. The van der Waals surface area contributed by atoms with Gasteiger partial charge in [-0.3, -0.25) is 9.48 Å². The standard InChI is InChI=1S/C20H25N3O2/c1-22-14-18(13-21-22)17-12-20(25-15-17)7-9-23(10-8-20)19(24)11-16-5-3-2-4-6-16/h2-6,13-14,17H,7-12,15H2,1H3/t17-/m1/s1. The van der Waals surface area contributed by atoms with Crippen LogP contribution in [0, 0.1) is 0 Å². The Balaban J connectivity index is 1.33. The maximum Gasteiger partial charge on any atom is 0.226 e. The molecular weight excluding hydrogens is 314 g/mol. The first-order chi connectivity index (χ1) is 12.1. The zero-order chi connectivity index (χ0) is 17.3. The summed E-state index contributed by atoms with van der Waals surface area (Å²) in [6.07, 6.45) is 7.44. The van der Waals surface area contributed by atoms with Gasteiger partial charge in [0.1, 0.15) is 0 Å². The monoisotopic (exact) mass is 339 g/mol. The van der Waals surface area contributed by atoms with Gasteiger partial charge in [-0.25, -0.2) is 0 Å². The molecule has 5 heteroatoms. The summed E-state index contributed by atoms with van der Waals surface area (Å²) in [5, 5.41) is 4.28. The minimum absolute atomic E-state index is 0.0516. The van der Waals surface area contributed by atoms with Crippen molar-refractivity contribution in [1.29, 1.82) is 0 Å². The molecule has 1 atom stereocenters. The lowest BCUT2D eigenvalue weighted by Crippen LogP contribution is -2.46. The van der Waals surface area contributed by atoms with Crippen LogP contribution in [-0.4, -0.2) is 45.9 Å². The largest absolute Gasteiger partial charge is 0.374 e. The predicted molar refractivity (Wildman–Crippen MR) is 95.2 cm³/mol. The van der Waals surface area contributed by atoms with E-state index >= 15 is 0 Å². The van der Waals surface area contributed by atoms with Crippen molar-refractivity contribution in [2.24, 2.45) is 7.05 Å². The Hall–Kier alpha value is -2.14. The molecular formula is C20H25N3O2. The van der Waals surface area contributed by atoms with Crippen molar-refractivity contribution in [1.82, 2.24) is 14.7 Å². The number of aryl methyl sites for hydroxylation is 1. The second-order valence-electron chi connectivity index (χ2n) is 7.39. The van der Waals surface area contributed by atoms with Gasteiger partial charge in [-0.1, -0.05) is 30.3 Å². The normalized spacial score (nSPS) is 22.4. The number of benzene rings is 1. The number of piperidine rings is 1. The zero-order valence-corrected chi connectivity index (χ0v) is 14.7. The Kier molecular flexibility index (Phi) is 4.34. The molecule has 2 fully saturated rings.